The van der Waals surface area contributed by atoms with Crippen molar-refractivity contribution in [1.82, 2.24) is 4.98 Å². The number of rotatable bonds is 1. The Balaban J connectivity index is 2.77. The number of hydrogen-bond donors (Lipinski definition) is 1. The molecule has 1 aromatic heterocycles. The molecule has 0 saturated carbocycles. The number of ether oxygens (including phenoxy) is 1. The second kappa shape index (κ2) is 3.35. The highest BCUT2D eigenvalue weighted by Gasteiger charge is 2.05. The van der Waals surface area contributed by atoms with Crippen molar-refractivity contribution in [2.24, 2.45) is 0 Å². The quantitative estimate of drug-likeness (QED) is 0.579. The van der Waals surface area contributed by atoms with E-state index in [9.17, 15) is 0 Å². The lowest BCUT2D eigenvalue weighted by Gasteiger charge is -2.06. The first-order valence-corrected chi connectivity index (χ1v) is 4.49. The molecule has 0 unspecified atom stereocenters. The first-order chi connectivity index (χ1) is 6.72. The van der Waals surface area contributed by atoms with E-state index < -0.39 is 0 Å². The zero-order valence-electron chi connectivity index (χ0n) is 7.62. The molecule has 2 N–H and O–H groups in total. The third-order valence-electron chi connectivity index (χ3n) is 2.06. The number of benzene rings is 1. The summed E-state index contributed by atoms with van der Waals surface area (Å²) < 4.78 is 5.10. The van der Waals surface area contributed by atoms with Crippen LogP contribution in [0.4, 0.5) is 5.69 Å². The van der Waals surface area contributed by atoms with E-state index in [0.717, 1.165) is 10.9 Å². The topological polar surface area (TPSA) is 48.1 Å². The van der Waals surface area contributed by atoms with E-state index >= 15 is 0 Å². The van der Waals surface area contributed by atoms with Crippen LogP contribution in [0.25, 0.3) is 10.9 Å². The van der Waals surface area contributed by atoms with Gasteiger partial charge in [0.15, 0.2) is 0 Å². The highest BCUT2D eigenvalue weighted by atomic mass is 35.5. The minimum Gasteiger partial charge on any atom is -0.495 e. The van der Waals surface area contributed by atoms with Gasteiger partial charge in [-0.25, -0.2) is 4.98 Å². The number of anilines is 1. The monoisotopic (exact) mass is 208 g/mol. The molecule has 0 radical (unpaired) electrons. The predicted molar refractivity (Wildman–Crippen MR) is 57.7 cm³/mol. The van der Waals surface area contributed by atoms with Crippen molar-refractivity contribution < 1.29 is 4.74 Å². The van der Waals surface area contributed by atoms with Gasteiger partial charge in [-0.05, 0) is 24.3 Å². The number of pyridine rings is 1. The molecule has 1 heterocycles. The Kier molecular flexibility index (Phi) is 2.17. The van der Waals surface area contributed by atoms with E-state index in [4.69, 9.17) is 22.1 Å². The standard InChI is InChI=1S/C10H9ClN2O/c1-14-8-4-3-7-6(10(8)12)2-5-9(11)13-7/h2-5H,12H2,1H3. The number of halogens is 1. The minimum atomic E-state index is 0.460. The van der Waals surface area contributed by atoms with E-state index in [-0.39, 0.29) is 0 Å². The van der Waals surface area contributed by atoms with E-state index in [2.05, 4.69) is 4.98 Å². The Labute approximate surface area is 86.5 Å². The minimum absolute atomic E-state index is 0.460. The van der Waals surface area contributed by atoms with Crippen LogP contribution in [-0.2, 0) is 0 Å². The van der Waals surface area contributed by atoms with Crippen molar-refractivity contribution in [3.05, 3.63) is 29.4 Å². The molecule has 0 saturated heterocycles. The zero-order chi connectivity index (χ0) is 10.1. The summed E-state index contributed by atoms with van der Waals surface area (Å²) in [5.41, 5.74) is 7.24. The first kappa shape index (κ1) is 9.09. The average Bonchev–Trinajstić information content (AvgIpc) is 2.18. The molecule has 0 aliphatic carbocycles. The summed E-state index contributed by atoms with van der Waals surface area (Å²) in [5.74, 6) is 0.654. The smallest absolute Gasteiger partial charge is 0.142 e. The molecule has 0 aliphatic rings. The Bertz CT molecular complexity index is 485. The summed E-state index contributed by atoms with van der Waals surface area (Å²) in [7, 11) is 1.58. The second-order valence-electron chi connectivity index (χ2n) is 2.88. The fraction of sp³-hybridized carbons (Fsp3) is 0.100. The summed E-state index contributed by atoms with van der Waals surface area (Å²) in [6.45, 7) is 0. The highest BCUT2D eigenvalue weighted by Crippen LogP contribution is 2.29. The Morgan fingerprint density at radius 1 is 1.29 bits per heavy atom. The molecule has 0 aliphatic heterocycles. The molecule has 4 heteroatoms. The van der Waals surface area contributed by atoms with E-state index in [1.165, 1.54) is 0 Å². The van der Waals surface area contributed by atoms with Gasteiger partial charge in [0.1, 0.15) is 10.9 Å². The molecule has 0 spiro atoms. The summed E-state index contributed by atoms with van der Waals surface area (Å²) in [6.07, 6.45) is 0. The number of nitrogen functional groups attached to an aromatic ring is 1. The van der Waals surface area contributed by atoms with Crippen LogP contribution in [0.5, 0.6) is 5.75 Å². The van der Waals surface area contributed by atoms with Crippen LogP contribution in [0, 0.1) is 0 Å². The molecular weight excluding hydrogens is 200 g/mol. The molecule has 0 bridgehead atoms. The second-order valence-corrected chi connectivity index (χ2v) is 3.27. The lowest BCUT2D eigenvalue weighted by atomic mass is 10.2. The van der Waals surface area contributed by atoms with E-state index in [1.54, 1.807) is 19.2 Å². The van der Waals surface area contributed by atoms with Gasteiger partial charge in [0.05, 0.1) is 18.3 Å². The normalized spacial score (nSPS) is 10.4. The number of hydrogen-bond acceptors (Lipinski definition) is 3. The molecular formula is C10H9ClN2O. The number of fused-ring (bicyclic) bond motifs is 1. The van der Waals surface area contributed by atoms with Crippen molar-refractivity contribution in [2.45, 2.75) is 0 Å². The van der Waals surface area contributed by atoms with Gasteiger partial charge < -0.3 is 10.5 Å². The Morgan fingerprint density at radius 2 is 2.07 bits per heavy atom. The SMILES string of the molecule is COc1ccc2nc(Cl)ccc2c1N. The molecule has 2 rings (SSSR count). The Morgan fingerprint density at radius 3 is 2.79 bits per heavy atom. The van der Waals surface area contributed by atoms with E-state index in [0.29, 0.717) is 16.6 Å². The fourth-order valence-electron chi connectivity index (χ4n) is 1.36. The van der Waals surface area contributed by atoms with Gasteiger partial charge in [-0.3, -0.25) is 0 Å². The Hall–Kier alpha value is -1.48. The number of aromatic nitrogens is 1. The highest BCUT2D eigenvalue weighted by molar-refractivity contribution is 6.29. The van der Waals surface area contributed by atoms with Gasteiger partial charge in [-0.2, -0.15) is 0 Å². The van der Waals surface area contributed by atoms with Gasteiger partial charge in [0.25, 0.3) is 0 Å². The number of nitrogens with zero attached hydrogens (tertiary/aromatic N) is 1. The summed E-state index contributed by atoms with van der Waals surface area (Å²) in [4.78, 5) is 4.14. The van der Waals surface area contributed by atoms with Gasteiger partial charge in [0, 0.05) is 5.39 Å². The molecule has 0 amide bonds. The van der Waals surface area contributed by atoms with Gasteiger partial charge >= 0.3 is 0 Å². The van der Waals surface area contributed by atoms with Crippen LogP contribution >= 0.6 is 11.6 Å². The number of nitrogens with two attached hydrogens (primary N) is 1. The predicted octanol–water partition coefficient (Wildman–Crippen LogP) is 2.48. The van der Waals surface area contributed by atoms with Crippen molar-refractivity contribution in [3.8, 4) is 5.75 Å². The fourth-order valence-corrected chi connectivity index (χ4v) is 1.51. The molecule has 0 atom stereocenters. The molecule has 3 nitrogen and oxygen atoms in total. The van der Waals surface area contributed by atoms with Crippen LogP contribution in [0.3, 0.4) is 0 Å². The summed E-state index contributed by atoms with van der Waals surface area (Å²) in [5, 5.41) is 1.32. The van der Waals surface area contributed by atoms with Crippen molar-refractivity contribution in [2.75, 3.05) is 12.8 Å². The van der Waals surface area contributed by atoms with Gasteiger partial charge in [-0.1, -0.05) is 11.6 Å². The van der Waals surface area contributed by atoms with Gasteiger partial charge in [0.2, 0.25) is 0 Å². The molecule has 0 fully saturated rings. The lowest BCUT2D eigenvalue weighted by Crippen LogP contribution is -1.94. The molecule has 72 valence electrons. The largest absolute Gasteiger partial charge is 0.495 e. The summed E-state index contributed by atoms with van der Waals surface area (Å²) in [6, 6.07) is 7.15. The lowest BCUT2D eigenvalue weighted by molar-refractivity contribution is 0.417. The van der Waals surface area contributed by atoms with Crippen molar-refractivity contribution in [3.63, 3.8) is 0 Å². The van der Waals surface area contributed by atoms with Crippen LogP contribution in [0.15, 0.2) is 24.3 Å². The molecule has 14 heavy (non-hydrogen) atoms. The van der Waals surface area contributed by atoms with E-state index in [1.807, 2.05) is 12.1 Å². The average molecular weight is 209 g/mol. The summed E-state index contributed by atoms with van der Waals surface area (Å²) >= 11 is 5.76. The van der Waals surface area contributed by atoms with Crippen LogP contribution in [0.2, 0.25) is 5.15 Å². The van der Waals surface area contributed by atoms with Crippen molar-refractivity contribution in [1.29, 1.82) is 0 Å². The van der Waals surface area contributed by atoms with Crippen LogP contribution in [-0.4, -0.2) is 12.1 Å². The maximum Gasteiger partial charge on any atom is 0.142 e. The first-order valence-electron chi connectivity index (χ1n) is 4.11. The van der Waals surface area contributed by atoms with Crippen LogP contribution in [0.1, 0.15) is 0 Å². The maximum atomic E-state index is 5.87. The van der Waals surface area contributed by atoms with Crippen molar-refractivity contribution >= 4 is 28.2 Å². The third kappa shape index (κ3) is 1.36. The van der Waals surface area contributed by atoms with Crippen LogP contribution < -0.4 is 10.5 Å². The molecule has 2 aromatic rings. The van der Waals surface area contributed by atoms with Gasteiger partial charge in [-0.15, -0.1) is 0 Å². The maximum absolute atomic E-state index is 5.87. The third-order valence-corrected chi connectivity index (χ3v) is 2.27. The number of methoxy groups -OCH3 is 1. The molecule has 1 aromatic carbocycles. The zero-order valence-corrected chi connectivity index (χ0v) is 8.38.